The molecule has 6 nitrogen and oxygen atoms in total. The van der Waals surface area contributed by atoms with Crippen LogP contribution in [0.25, 0.3) is 0 Å². The van der Waals surface area contributed by atoms with Crippen LogP contribution < -0.4 is 15.4 Å². The van der Waals surface area contributed by atoms with E-state index in [1.165, 1.54) is 18.4 Å². The third kappa shape index (κ3) is 11.1. The number of nitrogens with one attached hydrogen (secondary N) is 2. The minimum Gasteiger partial charge on any atom is -0.493 e. The normalized spacial score (nSPS) is 11.5. The summed E-state index contributed by atoms with van der Waals surface area (Å²) < 4.78 is 16.4. The zero-order valence-electron chi connectivity index (χ0n) is 18.2. The molecule has 0 aliphatic rings. The van der Waals surface area contributed by atoms with E-state index in [0.717, 1.165) is 56.3 Å². The van der Waals surface area contributed by atoms with Crippen LogP contribution in [0, 0.1) is 6.92 Å². The molecule has 0 atom stereocenters. The number of unbranched alkanes of at least 4 members (excludes halogenated alkanes) is 3. The number of aliphatic imine (C=N–C) groups is 1. The quantitative estimate of drug-likeness (QED) is 0.270. The predicted octanol–water partition coefficient (Wildman–Crippen LogP) is 3.67. The summed E-state index contributed by atoms with van der Waals surface area (Å²) in [6, 6.07) is 6.36. The van der Waals surface area contributed by atoms with Gasteiger partial charge in [0.05, 0.1) is 19.8 Å². The number of ether oxygens (including phenoxy) is 3. The zero-order valence-corrected chi connectivity index (χ0v) is 18.2. The van der Waals surface area contributed by atoms with E-state index in [4.69, 9.17) is 14.2 Å². The number of aryl methyl sites for hydroxylation is 1. The molecule has 1 aromatic carbocycles. The van der Waals surface area contributed by atoms with Gasteiger partial charge in [-0.05, 0) is 37.8 Å². The largest absolute Gasteiger partial charge is 0.493 e. The molecule has 6 heteroatoms. The van der Waals surface area contributed by atoms with Crippen molar-refractivity contribution in [2.75, 3.05) is 47.1 Å². The maximum Gasteiger partial charge on any atom is 0.191 e. The van der Waals surface area contributed by atoms with Crippen molar-refractivity contribution >= 4 is 5.96 Å². The van der Waals surface area contributed by atoms with E-state index in [0.29, 0.717) is 19.8 Å². The lowest BCUT2D eigenvalue weighted by Gasteiger charge is -2.15. The van der Waals surface area contributed by atoms with Crippen molar-refractivity contribution in [2.45, 2.75) is 52.5 Å². The lowest BCUT2D eigenvalue weighted by Crippen LogP contribution is -2.37. The highest BCUT2D eigenvalue weighted by atomic mass is 16.5. The number of hydrogen-bond acceptors (Lipinski definition) is 4. The molecule has 0 saturated carbocycles. The fourth-order valence-electron chi connectivity index (χ4n) is 2.66. The second kappa shape index (κ2) is 16.2. The van der Waals surface area contributed by atoms with Crippen molar-refractivity contribution in [3.8, 4) is 5.75 Å². The lowest BCUT2D eigenvalue weighted by molar-refractivity contribution is 0.0689. The second-order valence-corrected chi connectivity index (χ2v) is 6.83. The summed E-state index contributed by atoms with van der Waals surface area (Å²) in [7, 11) is 3.48. The van der Waals surface area contributed by atoms with Gasteiger partial charge in [0.25, 0.3) is 0 Å². The van der Waals surface area contributed by atoms with E-state index in [2.05, 4.69) is 47.7 Å². The summed E-state index contributed by atoms with van der Waals surface area (Å²) in [4.78, 5) is 4.30. The van der Waals surface area contributed by atoms with Crippen molar-refractivity contribution in [3.05, 3.63) is 29.3 Å². The van der Waals surface area contributed by atoms with Crippen LogP contribution in [-0.4, -0.2) is 53.1 Å². The van der Waals surface area contributed by atoms with Crippen molar-refractivity contribution in [2.24, 2.45) is 4.99 Å². The Hall–Kier alpha value is -1.79. The van der Waals surface area contributed by atoms with E-state index in [9.17, 15) is 0 Å². The van der Waals surface area contributed by atoms with Gasteiger partial charge in [0, 0.05) is 39.4 Å². The highest BCUT2D eigenvalue weighted by Gasteiger charge is 2.06. The number of hydrogen-bond donors (Lipinski definition) is 2. The molecule has 0 fully saturated rings. The third-order valence-electron chi connectivity index (χ3n) is 4.34. The van der Waals surface area contributed by atoms with Crippen molar-refractivity contribution in [1.29, 1.82) is 0 Å². The molecule has 0 spiro atoms. The van der Waals surface area contributed by atoms with Gasteiger partial charge in [-0.3, -0.25) is 4.99 Å². The molecule has 160 valence electrons. The molecular weight excluding hydrogens is 354 g/mol. The molecule has 0 aliphatic carbocycles. The molecular formula is C22H39N3O3. The Bertz CT molecular complexity index is 550. The van der Waals surface area contributed by atoms with Gasteiger partial charge in [0.15, 0.2) is 5.96 Å². The first-order valence-corrected chi connectivity index (χ1v) is 10.4. The number of guanidine groups is 1. The summed E-state index contributed by atoms with van der Waals surface area (Å²) in [6.45, 7) is 8.68. The SMILES string of the molecule is CCCCCOc1cc(C)ccc1CNC(=NC)NCCCCOCCOC. The van der Waals surface area contributed by atoms with Crippen molar-refractivity contribution in [1.82, 2.24) is 10.6 Å². The molecule has 1 rings (SSSR count). The molecule has 0 aliphatic heterocycles. The number of methoxy groups -OCH3 is 1. The van der Waals surface area contributed by atoms with Gasteiger partial charge in [-0.15, -0.1) is 0 Å². The smallest absolute Gasteiger partial charge is 0.191 e. The van der Waals surface area contributed by atoms with E-state index in [-0.39, 0.29) is 0 Å². The van der Waals surface area contributed by atoms with Gasteiger partial charge >= 0.3 is 0 Å². The lowest BCUT2D eigenvalue weighted by atomic mass is 10.1. The van der Waals surface area contributed by atoms with E-state index < -0.39 is 0 Å². The topological polar surface area (TPSA) is 64.1 Å². The standard InChI is InChI=1S/C22H39N3O3/c1-5-6-8-14-28-21-17-19(2)10-11-20(21)18-25-22(23-3)24-12-7-9-13-27-16-15-26-4/h10-11,17H,5-9,12-16,18H2,1-4H3,(H2,23,24,25). The Labute approximate surface area is 171 Å². The fraction of sp³-hybridized carbons (Fsp3) is 0.682. The summed E-state index contributed by atoms with van der Waals surface area (Å²) in [5, 5.41) is 6.73. The minimum absolute atomic E-state index is 0.651. The monoisotopic (exact) mass is 393 g/mol. The van der Waals surface area contributed by atoms with E-state index >= 15 is 0 Å². The molecule has 0 radical (unpaired) electrons. The van der Waals surface area contributed by atoms with E-state index in [1.807, 2.05) is 0 Å². The van der Waals surface area contributed by atoms with Gasteiger partial charge in [-0.1, -0.05) is 31.9 Å². The molecule has 0 bridgehead atoms. The summed E-state index contributed by atoms with van der Waals surface area (Å²) in [6.07, 6.45) is 5.54. The van der Waals surface area contributed by atoms with Crippen LogP contribution in [0.15, 0.2) is 23.2 Å². The van der Waals surface area contributed by atoms with Crippen molar-refractivity contribution < 1.29 is 14.2 Å². The van der Waals surface area contributed by atoms with Crippen LogP contribution in [0.2, 0.25) is 0 Å². The Kier molecular flexibility index (Phi) is 14.0. The number of benzene rings is 1. The minimum atomic E-state index is 0.651. The predicted molar refractivity (Wildman–Crippen MR) is 116 cm³/mol. The molecule has 0 amide bonds. The Balaban J connectivity index is 2.34. The van der Waals surface area contributed by atoms with Crippen molar-refractivity contribution in [3.63, 3.8) is 0 Å². The average Bonchev–Trinajstić information content (AvgIpc) is 2.70. The second-order valence-electron chi connectivity index (χ2n) is 6.83. The van der Waals surface area contributed by atoms with Gasteiger partial charge < -0.3 is 24.8 Å². The maximum atomic E-state index is 6.02. The Morgan fingerprint density at radius 1 is 1.00 bits per heavy atom. The molecule has 0 heterocycles. The van der Waals surface area contributed by atoms with Crippen LogP contribution in [0.4, 0.5) is 0 Å². The molecule has 0 unspecified atom stereocenters. The Morgan fingerprint density at radius 3 is 2.57 bits per heavy atom. The Morgan fingerprint density at radius 2 is 1.82 bits per heavy atom. The highest BCUT2D eigenvalue weighted by molar-refractivity contribution is 5.79. The summed E-state index contributed by atoms with van der Waals surface area (Å²) in [5.41, 5.74) is 2.36. The van der Waals surface area contributed by atoms with Gasteiger partial charge in [-0.2, -0.15) is 0 Å². The molecule has 0 saturated heterocycles. The molecule has 1 aromatic rings. The molecule has 2 N–H and O–H groups in total. The van der Waals surface area contributed by atoms with Gasteiger partial charge in [0.1, 0.15) is 5.75 Å². The van der Waals surface area contributed by atoms with Crippen LogP contribution >= 0.6 is 0 Å². The van der Waals surface area contributed by atoms with Crippen LogP contribution in [0.1, 0.15) is 50.2 Å². The average molecular weight is 394 g/mol. The van der Waals surface area contributed by atoms with Crippen LogP contribution in [0.5, 0.6) is 5.75 Å². The number of rotatable bonds is 15. The maximum absolute atomic E-state index is 6.02. The fourth-order valence-corrected chi connectivity index (χ4v) is 2.66. The summed E-state index contributed by atoms with van der Waals surface area (Å²) >= 11 is 0. The highest BCUT2D eigenvalue weighted by Crippen LogP contribution is 2.20. The zero-order chi connectivity index (χ0) is 20.5. The molecule has 28 heavy (non-hydrogen) atoms. The molecule has 0 aromatic heterocycles. The first-order chi connectivity index (χ1) is 13.7. The summed E-state index contributed by atoms with van der Waals surface area (Å²) in [5.74, 6) is 1.77. The number of nitrogens with zero attached hydrogens (tertiary/aromatic N) is 1. The third-order valence-corrected chi connectivity index (χ3v) is 4.34. The van der Waals surface area contributed by atoms with Gasteiger partial charge in [-0.25, -0.2) is 0 Å². The first kappa shape index (κ1) is 24.2. The van der Waals surface area contributed by atoms with Crippen LogP contribution in [-0.2, 0) is 16.0 Å². The van der Waals surface area contributed by atoms with Crippen LogP contribution in [0.3, 0.4) is 0 Å². The van der Waals surface area contributed by atoms with E-state index in [1.54, 1.807) is 14.2 Å². The first-order valence-electron chi connectivity index (χ1n) is 10.4. The van der Waals surface area contributed by atoms with Gasteiger partial charge in [0.2, 0.25) is 0 Å².